The number of hydrogen-bond donors (Lipinski definition) is 1. The third kappa shape index (κ3) is 2.17. The standard InChI is InChI=1S/C14H20N2O/c1-15-4-6-16(7-5-15)13-8-11-2-3-14(17)10-12(11)9-13/h2-3,10,13,17H,4-9H2,1H3. The van der Waals surface area contributed by atoms with E-state index in [2.05, 4.69) is 22.9 Å². The monoisotopic (exact) mass is 232 g/mol. The molecule has 17 heavy (non-hydrogen) atoms. The second-order valence-electron chi connectivity index (χ2n) is 5.35. The molecular formula is C14H20N2O. The van der Waals surface area contributed by atoms with Crippen LogP contribution in [0.1, 0.15) is 11.1 Å². The average molecular weight is 232 g/mol. The first kappa shape index (κ1) is 11.1. The molecule has 2 aliphatic rings. The van der Waals surface area contributed by atoms with Crippen molar-refractivity contribution in [1.82, 2.24) is 9.80 Å². The van der Waals surface area contributed by atoms with E-state index in [1.54, 1.807) is 0 Å². The van der Waals surface area contributed by atoms with E-state index < -0.39 is 0 Å². The van der Waals surface area contributed by atoms with E-state index in [9.17, 15) is 5.11 Å². The molecule has 1 aliphatic heterocycles. The molecule has 1 aromatic rings. The van der Waals surface area contributed by atoms with Gasteiger partial charge < -0.3 is 10.0 Å². The van der Waals surface area contributed by atoms with Gasteiger partial charge in [0.25, 0.3) is 0 Å². The molecule has 0 amide bonds. The van der Waals surface area contributed by atoms with Gasteiger partial charge in [-0.3, -0.25) is 4.90 Å². The molecule has 3 heteroatoms. The van der Waals surface area contributed by atoms with Gasteiger partial charge >= 0.3 is 0 Å². The van der Waals surface area contributed by atoms with Crippen molar-refractivity contribution in [3.8, 4) is 5.75 Å². The number of nitrogens with zero attached hydrogens (tertiary/aromatic N) is 2. The van der Waals surface area contributed by atoms with Gasteiger partial charge in [0.05, 0.1) is 0 Å². The highest BCUT2D eigenvalue weighted by Crippen LogP contribution is 2.28. The first-order valence-electron chi connectivity index (χ1n) is 6.46. The maximum Gasteiger partial charge on any atom is 0.115 e. The third-order valence-electron chi connectivity index (χ3n) is 4.16. The highest BCUT2D eigenvalue weighted by atomic mass is 16.3. The molecule has 1 atom stereocenters. The number of phenolic OH excluding ortho intramolecular Hbond substituents is 1. The number of hydrogen-bond acceptors (Lipinski definition) is 3. The summed E-state index contributed by atoms with van der Waals surface area (Å²) in [6.07, 6.45) is 2.26. The number of likely N-dealkylation sites (N-methyl/N-ethyl adjacent to an activating group) is 1. The maximum atomic E-state index is 9.51. The highest BCUT2D eigenvalue weighted by Gasteiger charge is 2.28. The zero-order valence-electron chi connectivity index (χ0n) is 10.4. The van der Waals surface area contributed by atoms with Crippen LogP contribution in [0.2, 0.25) is 0 Å². The molecule has 3 rings (SSSR count). The Morgan fingerprint density at radius 1 is 1.06 bits per heavy atom. The first-order chi connectivity index (χ1) is 8.22. The smallest absolute Gasteiger partial charge is 0.115 e. The van der Waals surface area contributed by atoms with Gasteiger partial charge in [-0.2, -0.15) is 0 Å². The molecule has 0 spiro atoms. The van der Waals surface area contributed by atoms with Gasteiger partial charge in [-0.25, -0.2) is 0 Å². The fraction of sp³-hybridized carbons (Fsp3) is 0.571. The lowest BCUT2D eigenvalue weighted by atomic mass is 10.1. The van der Waals surface area contributed by atoms with Gasteiger partial charge in [0.1, 0.15) is 5.75 Å². The fourth-order valence-corrected chi connectivity index (χ4v) is 3.03. The molecule has 0 saturated carbocycles. The van der Waals surface area contributed by atoms with E-state index >= 15 is 0 Å². The van der Waals surface area contributed by atoms with Crippen LogP contribution in [0.15, 0.2) is 18.2 Å². The van der Waals surface area contributed by atoms with Gasteiger partial charge in [0, 0.05) is 32.2 Å². The van der Waals surface area contributed by atoms with E-state index in [1.807, 2.05) is 12.1 Å². The third-order valence-corrected chi connectivity index (χ3v) is 4.16. The van der Waals surface area contributed by atoms with Crippen LogP contribution in [-0.2, 0) is 12.8 Å². The van der Waals surface area contributed by atoms with Crippen molar-refractivity contribution in [2.75, 3.05) is 33.2 Å². The van der Waals surface area contributed by atoms with Gasteiger partial charge in [0.2, 0.25) is 0 Å². The molecule has 0 radical (unpaired) electrons. The van der Waals surface area contributed by atoms with E-state index in [4.69, 9.17) is 0 Å². The summed E-state index contributed by atoms with van der Waals surface area (Å²) in [6.45, 7) is 4.72. The average Bonchev–Trinajstić information content (AvgIpc) is 2.72. The Kier molecular flexibility index (Phi) is 2.81. The summed E-state index contributed by atoms with van der Waals surface area (Å²) in [5.41, 5.74) is 2.76. The van der Waals surface area contributed by atoms with Crippen molar-refractivity contribution in [2.24, 2.45) is 0 Å². The number of fused-ring (bicyclic) bond motifs is 1. The van der Waals surface area contributed by atoms with Crippen molar-refractivity contribution in [3.05, 3.63) is 29.3 Å². The molecule has 1 aliphatic carbocycles. The molecule has 1 N–H and O–H groups in total. The lowest BCUT2D eigenvalue weighted by Gasteiger charge is -2.36. The highest BCUT2D eigenvalue weighted by molar-refractivity contribution is 5.39. The zero-order chi connectivity index (χ0) is 11.8. The summed E-state index contributed by atoms with van der Waals surface area (Å²) in [6, 6.07) is 6.48. The Bertz CT molecular complexity index is 411. The number of benzene rings is 1. The summed E-state index contributed by atoms with van der Waals surface area (Å²) in [7, 11) is 2.19. The normalized spacial score (nSPS) is 26.1. The van der Waals surface area contributed by atoms with Crippen LogP contribution < -0.4 is 0 Å². The topological polar surface area (TPSA) is 26.7 Å². The van der Waals surface area contributed by atoms with Gasteiger partial charge in [-0.05, 0) is 43.1 Å². The van der Waals surface area contributed by atoms with Crippen molar-refractivity contribution < 1.29 is 5.11 Å². The van der Waals surface area contributed by atoms with Crippen LogP contribution in [0.25, 0.3) is 0 Å². The summed E-state index contributed by atoms with van der Waals surface area (Å²) < 4.78 is 0. The Morgan fingerprint density at radius 3 is 2.53 bits per heavy atom. The minimum absolute atomic E-state index is 0.405. The Hall–Kier alpha value is -1.06. The van der Waals surface area contributed by atoms with Crippen LogP contribution in [-0.4, -0.2) is 54.2 Å². The van der Waals surface area contributed by atoms with Gasteiger partial charge in [-0.15, -0.1) is 0 Å². The zero-order valence-corrected chi connectivity index (χ0v) is 10.4. The summed E-state index contributed by atoms with van der Waals surface area (Å²) in [4.78, 5) is 5.00. The summed E-state index contributed by atoms with van der Waals surface area (Å²) >= 11 is 0. The Balaban J connectivity index is 1.69. The van der Waals surface area contributed by atoms with Crippen molar-refractivity contribution in [3.63, 3.8) is 0 Å². The van der Waals surface area contributed by atoms with Crippen LogP contribution in [0.3, 0.4) is 0 Å². The molecule has 0 bridgehead atoms. The second kappa shape index (κ2) is 4.31. The van der Waals surface area contributed by atoms with Crippen LogP contribution in [0, 0.1) is 0 Å². The number of aromatic hydroxyl groups is 1. The minimum atomic E-state index is 0.405. The van der Waals surface area contributed by atoms with E-state index in [0.29, 0.717) is 11.8 Å². The predicted octanol–water partition coefficient (Wildman–Crippen LogP) is 1.11. The minimum Gasteiger partial charge on any atom is -0.508 e. The number of rotatable bonds is 1. The predicted molar refractivity (Wildman–Crippen MR) is 68.4 cm³/mol. The Labute approximate surface area is 103 Å². The Morgan fingerprint density at radius 2 is 1.76 bits per heavy atom. The molecular weight excluding hydrogens is 212 g/mol. The quantitative estimate of drug-likeness (QED) is 0.785. The number of piperazine rings is 1. The fourth-order valence-electron chi connectivity index (χ4n) is 3.03. The summed E-state index contributed by atoms with van der Waals surface area (Å²) in [5, 5.41) is 9.51. The first-order valence-corrected chi connectivity index (χ1v) is 6.46. The van der Waals surface area contributed by atoms with Gasteiger partial charge in [0.15, 0.2) is 0 Å². The molecule has 1 aromatic carbocycles. The molecule has 3 nitrogen and oxygen atoms in total. The molecule has 1 unspecified atom stereocenters. The molecule has 0 aromatic heterocycles. The van der Waals surface area contributed by atoms with E-state index in [0.717, 1.165) is 12.8 Å². The van der Waals surface area contributed by atoms with E-state index in [1.165, 1.54) is 37.3 Å². The molecule has 1 heterocycles. The largest absolute Gasteiger partial charge is 0.508 e. The molecule has 1 fully saturated rings. The molecule has 1 saturated heterocycles. The lowest BCUT2D eigenvalue weighted by molar-refractivity contribution is 0.115. The maximum absolute atomic E-state index is 9.51. The SMILES string of the molecule is CN1CCN(C2Cc3ccc(O)cc3C2)CC1. The molecule has 92 valence electrons. The van der Waals surface area contributed by atoms with Crippen LogP contribution in [0.4, 0.5) is 0 Å². The van der Waals surface area contributed by atoms with E-state index in [-0.39, 0.29) is 0 Å². The number of phenols is 1. The van der Waals surface area contributed by atoms with Crippen molar-refractivity contribution >= 4 is 0 Å². The lowest BCUT2D eigenvalue weighted by Crippen LogP contribution is -2.49. The van der Waals surface area contributed by atoms with Crippen molar-refractivity contribution in [2.45, 2.75) is 18.9 Å². The van der Waals surface area contributed by atoms with Crippen LogP contribution >= 0.6 is 0 Å². The summed E-state index contributed by atoms with van der Waals surface area (Å²) in [5.74, 6) is 0.405. The second-order valence-corrected chi connectivity index (χ2v) is 5.35. The van der Waals surface area contributed by atoms with Gasteiger partial charge in [-0.1, -0.05) is 6.07 Å². The van der Waals surface area contributed by atoms with Crippen molar-refractivity contribution in [1.29, 1.82) is 0 Å². The van der Waals surface area contributed by atoms with Crippen LogP contribution in [0.5, 0.6) is 5.75 Å².